The quantitative estimate of drug-likeness (QED) is 0.0363. The average Bonchev–Trinajstić information content (AvgIpc) is 3.50. The molecule has 0 heterocycles. The van der Waals surface area contributed by atoms with Crippen LogP contribution < -0.4 is 21.7 Å². The van der Waals surface area contributed by atoms with Gasteiger partial charge in [-0.05, 0) is 125 Å². The van der Waals surface area contributed by atoms with Gasteiger partial charge in [0, 0.05) is 26.2 Å². The number of nitrogens with one attached hydrogen (secondary N) is 3. The molecule has 63 heavy (non-hydrogen) atoms. The third-order valence-electron chi connectivity index (χ3n) is 11.0. The average molecular weight is 868 g/mol. The van der Waals surface area contributed by atoms with Crippen LogP contribution in [0.25, 0.3) is 0 Å². The van der Waals surface area contributed by atoms with E-state index in [-0.39, 0.29) is 47.3 Å². The molecule has 10 heteroatoms. The van der Waals surface area contributed by atoms with Gasteiger partial charge in [0.05, 0.1) is 0 Å². The Bertz CT molecular complexity index is 1790. The molecule has 2 aromatic carbocycles. The number of Topliss-reactive ketones (excluding diaryl/α,β-unsaturated/α-hetero) is 1. The number of primary amides is 1. The minimum absolute atomic E-state index is 0.0217. The van der Waals surface area contributed by atoms with Crippen molar-refractivity contribution in [3.05, 3.63) is 133 Å². The SMILES string of the molecule is C=C=C.C=C=C(C(C)=O)C(CCC=C)CC1C(CNC(=O)C(NC(=C)OC(C)(C)C)C2Cc3ccccc3C2)C1(C)C.CC.CCCNC(C(=O)N(C)C)c1ccccc1.NC=O. The van der Waals surface area contributed by atoms with Crippen LogP contribution in [0.2, 0.25) is 0 Å². The summed E-state index contributed by atoms with van der Waals surface area (Å²) >= 11 is 0. The van der Waals surface area contributed by atoms with Gasteiger partial charge in [-0.3, -0.25) is 19.2 Å². The van der Waals surface area contributed by atoms with Crippen molar-refractivity contribution in [2.75, 3.05) is 27.2 Å². The number of allylic oxidation sites excluding steroid dienone is 2. The zero-order valence-corrected chi connectivity index (χ0v) is 40.6. The summed E-state index contributed by atoms with van der Waals surface area (Å²) in [6, 6.07) is 17.6. The van der Waals surface area contributed by atoms with Gasteiger partial charge < -0.3 is 31.3 Å². The summed E-state index contributed by atoms with van der Waals surface area (Å²) in [4.78, 5) is 48.2. The Morgan fingerprint density at radius 1 is 0.984 bits per heavy atom. The molecule has 2 aliphatic carbocycles. The van der Waals surface area contributed by atoms with Crippen LogP contribution in [-0.2, 0) is 36.8 Å². The van der Waals surface area contributed by atoms with Crippen molar-refractivity contribution in [2.45, 2.75) is 119 Å². The predicted molar refractivity (Wildman–Crippen MR) is 261 cm³/mol. The molecule has 0 bridgehead atoms. The minimum Gasteiger partial charge on any atom is -0.474 e. The monoisotopic (exact) mass is 868 g/mol. The second kappa shape index (κ2) is 29.8. The number of ketones is 1. The number of nitrogens with two attached hydrogens (primary N) is 1. The van der Waals surface area contributed by atoms with E-state index in [1.165, 1.54) is 11.1 Å². The summed E-state index contributed by atoms with van der Waals surface area (Å²) in [5.74, 6) is 1.48. The van der Waals surface area contributed by atoms with Crippen LogP contribution in [0, 0.1) is 29.1 Å². The number of hydrogen-bond acceptors (Lipinski definition) is 7. The molecule has 4 rings (SSSR count). The molecule has 348 valence electrons. The molecule has 10 nitrogen and oxygen atoms in total. The van der Waals surface area contributed by atoms with E-state index >= 15 is 0 Å². The molecular weight excluding hydrogens is 787 g/mol. The van der Waals surface area contributed by atoms with Gasteiger partial charge in [0.15, 0.2) is 11.7 Å². The fourth-order valence-corrected chi connectivity index (χ4v) is 7.95. The normalized spacial score (nSPS) is 16.6. The molecule has 5 N–H and O–H groups in total. The van der Waals surface area contributed by atoms with Crippen molar-refractivity contribution < 1.29 is 23.9 Å². The van der Waals surface area contributed by atoms with Gasteiger partial charge in [-0.2, -0.15) is 0 Å². The third kappa shape index (κ3) is 20.1. The second-order valence-electron chi connectivity index (χ2n) is 17.3. The molecule has 0 saturated heterocycles. The molecule has 0 radical (unpaired) electrons. The van der Waals surface area contributed by atoms with Crippen LogP contribution in [0.5, 0.6) is 0 Å². The molecule has 0 spiro atoms. The molecule has 0 aliphatic heterocycles. The fraction of sp³-hybridized carbons (Fsp3) is 0.509. The van der Waals surface area contributed by atoms with E-state index in [9.17, 15) is 14.4 Å². The topological polar surface area (TPSA) is 143 Å². The lowest BCUT2D eigenvalue weighted by Gasteiger charge is -2.29. The molecule has 1 fully saturated rings. The number of carbonyl (C=O) groups excluding carboxylic acids is 4. The first-order chi connectivity index (χ1) is 29.8. The van der Waals surface area contributed by atoms with E-state index in [1.807, 2.05) is 71.0 Å². The molecule has 2 aliphatic rings. The van der Waals surface area contributed by atoms with Crippen LogP contribution in [-0.4, -0.2) is 67.7 Å². The smallest absolute Gasteiger partial charge is 0.243 e. The lowest BCUT2D eigenvalue weighted by Crippen LogP contribution is -2.50. The standard InChI is InChI=1S/C34H48N2O3.C13H20N2O.C3H4.C2H6.CH3NO/c1-10-12-15-26(28(11-2)22(3)37)20-29-30(34(29,8)9)21-35-32(38)31(36-23(4)39-33(5,6)7)27-18-24-16-13-14-17-25(24)19-27;1-4-10-14-12(13(16)15(2)3)11-8-6-5-7-9-11;1-3-2;1-2;2-1-3/h10,13-14,16-17,26-27,29-31,36H,1-2,4,12,15,18-21H2,3,5-9H3,(H,35,38);5-9,12,14H,4,10H2,1-3H3;1-2H2;1-2H3;1H,(H2,2,3). The van der Waals surface area contributed by atoms with Crippen LogP contribution >= 0.6 is 0 Å². The molecule has 2 aromatic rings. The number of fused-ring (bicyclic) bond motifs is 1. The van der Waals surface area contributed by atoms with E-state index in [0.717, 1.165) is 50.6 Å². The number of ether oxygens (including phenoxy) is 1. The van der Waals surface area contributed by atoms with Gasteiger partial charge >= 0.3 is 0 Å². The maximum absolute atomic E-state index is 13.7. The first-order valence-electron chi connectivity index (χ1n) is 22.2. The molecule has 5 unspecified atom stereocenters. The number of rotatable bonds is 19. The highest BCUT2D eigenvalue weighted by Gasteiger charge is 2.57. The number of benzene rings is 2. The van der Waals surface area contributed by atoms with Crippen LogP contribution in [0.1, 0.15) is 111 Å². The van der Waals surface area contributed by atoms with E-state index in [2.05, 4.69) is 111 Å². The second-order valence-corrected chi connectivity index (χ2v) is 17.3. The van der Waals surface area contributed by atoms with Crippen molar-refractivity contribution in [1.29, 1.82) is 0 Å². The van der Waals surface area contributed by atoms with Gasteiger partial charge in [0.1, 0.15) is 17.7 Å². The molecule has 0 aromatic heterocycles. The van der Waals surface area contributed by atoms with Gasteiger partial charge in [-0.25, -0.2) is 0 Å². The zero-order valence-electron chi connectivity index (χ0n) is 40.6. The van der Waals surface area contributed by atoms with E-state index < -0.39 is 11.6 Å². The lowest BCUT2D eigenvalue weighted by atomic mass is 9.86. The highest BCUT2D eigenvalue weighted by Crippen LogP contribution is 2.61. The first-order valence-corrected chi connectivity index (χ1v) is 22.2. The summed E-state index contributed by atoms with van der Waals surface area (Å²) < 4.78 is 5.94. The Balaban J connectivity index is 0.00000132. The first kappa shape index (κ1) is 57.6. The van der Waals surface area contributed by atoms with Crippen molar-refractivity contribution in [3.63, 3.8) is 0 Å². The lowest BCUT2D eigenvalue weighted by molar-refractivity contribution is -0.131. The van der Waals surface area contributed by atoms with Crippen LogP contribution in [0.15, 0.2) is 116 Å². The minimum atomic E-state index is -0.444. The predicted octanol–water partition coefficient (Wildman–Crippen LogP) is 9.21. The summed E-state index contributed by atoms with van der Waals surface area (Å²) in [5, 5.41) is 9.87. The van der Waals surface area contributed by atoms with Gasteiger partial charge in [0.2, 0.25) is 18.2 Å². The van der Waals surface area contributed by atoms with E-state index in [0.29, 0.717) is 29.8 Å². The maximum atomic E-state index is 13.7. The number of amides is 3. The number of nitrogens with zero attached hydrogens (tertiary/aromatic N) is 1. The highest BCUT2D eigenvalue weighted by molar-refractivity contribution is 5.93. The van der Waals surface area contributed by atoms with Gasteiger partial charge in [-0.15, -0.1) is 18.0 Å². The largest absolute Gasteiger partial charge is 0.474 e. The number of hydrogen-bond donors (Lipinski definition) is 4. The summed E-state index contributed by atoms with van der Waals surface area (Å²) in [6.07, 6.45) is 7.43. The Hall–Kier alpha value is -5.40. The zero-order chi connectivity index (χ0) is 48.3. The Kier molecular flexibility index (Phi) is 27.3. The molecular formula is C53H81N5O5. The highest BCUT2D eigenvalue weighted by atomic mass is 16.5. The molecule has 1 saturated carbocycles. The van der Waals surface area contributed by atoms with Crippen molar-refractivity contribution >= 4 is 24.0 Å². The van der Waals surface area contributed by atoms with Crippen molar-refractivity contribution in [2.24, 2.45) is 34.8 Å². The Labute approximate surface area is 381 Å². The van der Waals surface area contributed by atoms with Gasteiger partial charge in [-0.1, -0.05) is 115 Å². The third-order valence-corrected chi connectivity index (χ3v) is 11.0. The maximum Gasteiger partial charge on any atom is 0.243 e. The van der Waals surface area contributed by atoms with Crippen LogP contribution in [0.3, 0.4) is 0 Å². The molecule has 5 atom stereocenters. The van der Waals surface area contributed by atoms with Crippen molar-refractivity contribution in [1.82, 2.24) is 20.9 Å². The number of likely N-dealkylation sites (N-methyl/N-ethyl adjacent to an activating group) is 1. The van der Waals surface area contributed by atoms with E-state index in [4.69, 9.17) is 9.53 Å². The fourth-order valence-electron chi connectivity index (χ4n) is 7.95. The summed E-state index contributed by atoms with van der Waals surface area (Å²) in [5.41, 5.74) is 13.3. The summed E-state index contributed by atoms with van der Waals surface area (Å²) in [7, 11) is 3.57. The Morgan fingerprint density at radius 3 is 1.95 bits per heavy atom. The molecule has 3 amide bonds. The summed E-state index contributed by atoms with van der Waals surface area (Å²) in [6.45, 7) is 37.5. The van der Waals surface area contributed by atoms with Gasteiger partial charge in [0.25, 0.3) is 0 Å². The van der Waals surface area contributed by atoms with Crippen molar-refractivity contribution in [3.8, 4) is 0 Å². The Morgan fingerprint density at radius 2 is 1.51 bits per heavy atom. The van der Waals surface area contributed by atoms with Crippen LogP contribution in [0.4, 0.5) is 0 Å². The number of carbonyl (C=O) groups is 4. The van der Waals surface area contributed by atoms with E-state index in [1.54, 1.807) is 25.9 Å².